The predicted molar refractivity (Wildman–Crippen MR) is 82.4 cm³/mol. The molecule has 1 aromatic carbocycles. The normalized spacial score (nSPS) is 20.2. The average Bonchev–Trinajstić information content (AvgIpc) is 2.61. The zero-order valence-electron chi connectivity index (χ0n) is 11.8. The Morgan fingerprint density at radius 2 is 2.11 bits per heavy atom. The monoisotopic (exact) mass is 323 g/mol. The van der Waals surface area contributed by atoms with Gasteiger partial charge in [-0.2, -0.15) is 0 Å². The van der Waals surface area contributed by atoms with E-state index in [1.165, 1.54) is 12.8 Å². The van der Waals surface area contributed by atoms with Crippen LogP contribution in [0.4, 0.5) is 0 Å². The van der Waals surface area contributed by atoms with Gasteiger partial charge < -0.3 is 4.90 Å². The van der Waals surface area contributed by atoms with Crippen LogP contribution in [0, 0.1) is 12.8 Å². The fraction of sp³-hybridized carbons (Fsp3) is 0.562. The van der Waals surface area contributed by atoms with E-state index in [0.29, 0.717) is 0 Å². The van der Waals surface area contributed by atoms with E-state index < -0.39 is 0 Å². The second-order valence-corrected chi connectivity index (χ2v) is 6.43. The average molecular weight is 324 g/mol. The first-order valence-corrected chi connectivity index (χ1v) is 7.96. The van der Waals surface area contributed by atoms with Gasteiger partial charge in [0, 0.05) is 23.1 Å². The minimum absolute atomic E-state index is 0.182. The van der Waals surface area contributed by atoms with Crippen molar-refractivity contribution in [1.29, 1.82) is 0 Å². The highest BCUT2D eigenvalue weighted by atomic mass is 79.9. The number of carbonyl (C=O) groups is 1. The summed E-state index contributed by atoms with van der Waals surface area (Å²) in [4.78, 5) is 14.6. The quantitative estimate of drug-likeness (QED) is 0.789. The Hall–Kier alpha value is -0.830. The maximum atomic E-state index is 12.6. The summed E-state index contributed by atoms with van der Waals surface area (Å²) in [7, 11) is 0. The molecule has 2 rings (SSSR count). The molecule has 104 valence electrons. The lowest BCUT2D eigenvalue weighted by atomic mass is 9.98. The fourth-order valence-electron chi connectivity index (χ4n) is 2.82. The Balaban J connectivity index is 2.10. The molecule has 0 N–H and O–H groups in total. The number of nitrogens with zero attached hydrogens (tertiary/aromatic N) is 1. The summed E-state index contributed by atoms with van der Waals surface area (Å²) in [6.07, 6.45) is 4.78. The van der Waals surface area contributed by atoms with Crippen LogP contribution in [-0.4, -0.2) is 23.9 Å². The predicted octanol–water partition coefficient (Wildman–Crippen LogP) is 4.41. The van der Waals surface area contributed by atoms with Crippen molar-refractivity contribution in [3.63, 3.8) is 0 Å². The van der Waals surface area contributed by atoms with Crippen LogP contribution in [0.3, 0.4) is 0 Å². The van der Waals surface area contributed by atoms with Gasteiger partial charge in [0.15, 0.2) is 0 Å². The van der Waals surface area contributed by atoms with Crippen LogP contribution in [0.2, 0.25) is 0 Å². The summed E-state index contributed by atoms with van der Waals surface area (Å²) >= 11 is 3.47. The molecule has 0 spiro atoms. The Morgan fingerprint density at radius 1 is 1.32 bits per heavy atom. The number of carbonyl (C=O) groups excluding carboxylic acids is 1. The minimum Gasteiger partial charge on any atom is -0.339 e. The van der Waals surface area contributed by atoms with Gasteiger partial charge in [0.25, 0.3) is 5.91 Å². The van der Waals surface area contributed by atoms with E-state index >= 15 is 0 Å². The van der Waals surface area contributed by atoms with Gasteiger partial charge in [0.1, 0.15) is 0 Å². The van der Waals surface area contributed by atoms with Crippen molar-refractivity contribution in [2.75, 3.05) is 13.1 Å². The zero-order chi connectivity index (χ0) is 13.8. The molecule has 0 aliphatic carbocycles. The SMILES string of the molecule is CCC1CCCN(C(=O)c2cc(C)cc(Br)c2)CC1. The van der Waals surface area contributed by atoms with Gasteiger partial charge in [-0.05, 0) is 55.9 Å². The van der Waals surface area contributed by atoms with Crippen LogP contribution in [0.15, 0.2) is 22.7 Å². The Morgan fingerprint density at radius 3 is 2.79 bits per heavy atom. The van der Waals surface area contributed by atoms with E-state index in [9.17, 15) is 4.79 Å². The molecular formula is C16H22BrNO. The van der Waals surface area contributed by atoms with E-state index in [1.807, 2.05) is 30.0 Å². The van der Waals surface area contributed by atoms with E-state index in [0.717, 1.165) is 47.4 Å². The van der Waals surface area contributed by atoms with Crippen LogP contribution < -0.4 is 0 Å². The van der Waals surface area contributed by atoms with E-state index in [2.05, 4.69) is 22.9 Å². The van der Waals surface area contributed by atoms with Crippen molar-refractivity contribution in [3.8, 4) is 0 Å². The summed E-state index contributed by atoms with van der Waals surface area (Å²) in [6, 6.07) is 5.94. The summed E-state index contributed by atoms with van der Waals surface area (Å²) in [5.74, 6) is 0.975. The minimum atomic E-state index is 0.182. The van der Waals surface area contributed by atoms with Crippen LogP contribution in [0.1, 0.15) is 48.5 Å². The number of benzene rings is 1. The van der Waals surface area contributed by atoms with Crippen LogP contribution in [-0.2, 0) is 0 Å². The molecule has 1 aliphatic heterocycles. The van der Waals surface area contributed by atoms with Gasteiger partial charge in [-0.1, -0.05) is 29.3 Å². The van der Waals surface area contributed by atoms with Crippen molar-refractivity contribution in [3.05, 3.63) is 33.8 Å². The zero-order valence-corrected chi connectivity index (χ0v) is 13.4. The number of rotatable bonds is 2. The first kappa shape index (κ1) is 14.6. The summed E-state index contributed by atoms with van der Waals surface area (Å²) < 4.78 is 0.983. The molecule has 1 aromatic rings. The number of hydrogen-bond acceptors (Lipinski definition) is 1. The Kier molecular flexibility index (Phi) is 5.03. The van der Waals surface area contributed by atoms with Gasteiger partial charge in [-0.25, -0.2) is 0 Å². The molecule has 0 radical (unpaired) electrons. The molecule has 1 fully saturated rings. The highest BCUT2D eigenvalue weighted by molar-refractivity contribution is 9.10. The first-order valence-electron chi connectivity index (χ1n) is 7.16. The van der Waals surface area contributed by atoms with Gasteiger partial charge in [-0.15, -0.1) is 0 Å². The number of likely N-dealkylation sites (tertiary alicyclic amines) is 1. The van der Waals surface area contributed by atoms with E-state index in [1.54, 1.807) is 0 Å². The number of amides is 1. The molecule has 1 unspecified atom stereocenters. The highest BCUT2D eigenvalue weighted by Crippen LogP contribution is 2.22. The molecule has 1 heterocycles. The number of hydrogen-bond donors (Lipinski definition) is 0. The number of aryl methyl sites for hydroxylation is 1. The largest absolute Gasteiger partial charge is 0.339 e. The van der Waals surface area contributed by atoms with Crippen LogP contribution in [0.25, 0.3) is 0 Å². The summed E-state index contributed by atoms with van der Waals surface area (Å²) in [6.45, 7) is 6.08. The summed E-state index contributed by atoms with van der Waals surface area (Å²) in [5, 5.41) is 0. The van der Waals surface area contributed by atoms with Gasteiger partial charge >= 0.3 is 0 Å². The fourth-order valence-corrected chi connectivity index (χ4v) is 3.43. The Labute approximate surface area is 124 Å². The van der Waals surface area contributed by atoms with Crippen LogP contribution in [0.5, 0.6) is 0 Å². The lowest BCUT2D eigenvalue weighted by molar-refractivity contribution is 0.0759. The lowest BCUT2D eigenvalue weighted by Gasteiger charge is -2.21. The maximum Gasteiger partial charge on any atom is 0.253 e. The van der Waals surface area contributed by atoms with Gasteiger partial charge in [0.05, 0.1) is 0 Å². The molecule has 0 aromatic heterocycles. The van der Waals surface area contributed by atoms with Crippen molar-refractivity contribution < 1.29 is 4.79 Å². The third-order valence-corrected chi connectivity index (χ3v) is 4.46. The molecule has 1 aliphatic rings. The van der Waals surface area contributed by atoms with Crippen molar-refractivity contribution in [1.82, 2.24) is 4.90 Å². The van der Waals surface area contributed by atoms with E-state index in [-0.39, 0.29) is 5.91 Å². The van der Waals surface area contributed by atoms with E-state index in [4.69, 9.17) is 0 Å². The molecule has 19 heavy (non-hydrogen) atoms. The molecular weight excluding hydrogens is 302 g/mol. The van der Waals surface area contributed by atoms with Crippen LogP contribution >= 0.6 is 15.9 Å². The topological polar surface area (TPSA) is 20.3 Å². The smallest absolute Gasteiger partial charge is 0.253 e. The molecule has 0 saturated carbocycles. The standard InChI is InChI=1S/C16H22BrNO/c1-3-13-5-4-7-18(8-6-13)16(19)14-9-12(2)10-15(17)11-14/h9-11,13H,3-8H2,1-2H3. The molecule has 3 heteroatoms. The summed E-state index contributed by atoms with van der Waals surface area (Å²) in [5.41, 5.74) is 1.93. The first-order chi connectivity index (χ1) is 9.10. The molecule has 1 atom stereocenters. The molecule has 2 nitrogen and oxygen atoms in total. The van der Waals surface area contributed by atoms with Crippen molar-refractivity contribution in [2.45, 2.75) is 39.5 Å². The van der Waals surface area contributed by atoms with Crippen molar-refractivity contribution in [2.24, 2.45) is 5.92 Å². The third-order valence-electron chi connectivity index (χ3n) is 4.00. The second kappa shape index (κ2) is 6.56. The third kappa shape index (κ3) is 3.82. The van der Waals surface area contributed by atoms with Gasteiger partial charge in [0.2, 0.25) is 0 Å². The molecule has 1 saturated heterocycles. The Bertz CT molecular complexity index is 438. The molecule has 1 amide bonds. The molecule has 0 bridgehead atoms. The number of halogens is 1. The maximum absolute atomic E-state index is 12.6. The highest BCUT2D eigenvalue weighted by Gasteiger charge is 2.21. The second-order valence-electron chi connectivity index (χ2n) is 5.51. The lowest BCUT2D eigenvalue weighted by Crippen LogP contribution is -2.32. The van der Waals surface area contributed by atoms with Gasteiger partial charge in [-0.3, -0.25) is 4.79 Å². The van der Waals surface area contributed by atoms with Crippen molar-refractivity contribution >= 4 is 21.8 Å².